The van der Waals surface area contributed by atoms with Crippen LogP contribution in [-0.4, -0.2) is 26.5 Å². The van der Waals surface area contributed by atoms with E-state index in [1.807, 2.05) is 0 Å². The molecule has 0 bridgehead atoms. The van der Waals surface area contributed by atoms with Gasteiger partial charge in [0.1, 0.15) is 11.2 Å². The summed E-state index contributed by atoms with van der Waals surface area (Å²) in [5, 5.41) is 0.116. The predicted octanol–water partition coefficient (Wildman–Crippen LogP) is 0.977. The van der Waals surface area contributed by atoms with Gasteiger partial charge in [-0.25, -0.2) is 22.2 Å². The average molecular weight is 389 g/mol. The maximum atomic E-state index is 12.9. The molecule has 24 heavy (non-hydrogen) atoms. The Bertz CT molecular complexity index is 1210. The lowest BCUT2D eigenvalue weighted by Crippen LogP contribution is -2.38. The Balaban J connectivity index is 2.45. The minimum Gasteiger partial charge on any atom is -0.279 e. The topological polar surface area (TPSA) is 96.0 Å². The number of benzene rings is 1. The number of rotatable bonds is 2. The first-order chi connectivity index (χ1) is 11.2. The Morgan fingerprint density at radius 2 is 1.75 bits per heavy atom. The molecule has 8 nitrogen and oxygen atoms in total. The monoisotopic (exact) mass is 388 g/mol. The number of hydrogen-bond acceptors (Lipinski definition) is 5. The highest BCUT2D eigenvalue weighted by Gasteiger charge is 2.26. The first kappa shape index (κ1) is 16.7. The van der Waals surface area contributed by atoms with E-state index in [1.165, 1.54) is 32.3 Å². The largest absolute Gasteiger partial charge is 0.332 e. The van der Waals surface area contributed by atoms with Crippen molar-refractivity contribution in [1.82, 2.24) is 18.1 Å². The molecule has 0 aliphatic heterocycles. The summed E-state index contributed by atoms with van der Waals surface area (Å²) in [6.07, 6.45) is 0.956. The Morgan fingerprint density at radius 3 is 2.42 bits per heavy atom. The summed E-state index contributed by atoms with van der Waals surface area (Å²) in [5.74, 6) is 0. The zero-order valence-corrected chi connectivity index (χ0v) is 14.7. The molecular weight excluding hydrogens is 379 g/mol. The number of aromatic nitrogens is 4. The number of aryl methyl sites for hydroxylation is 1. The molecule has 0 radical (unpaired) electrons. The maximum absolute atomic E-state index is 12.9. The molecule has 1 aromatic carbocycles. The van der Waals surface area contributed by atoms with Crippen LogP contribution in [0.5, 0.6) is 0 Å². The lowest BCUT2D eigenvalue weighted by molar-refractivity contribution is 0.588. The summed E-state index contributed by atoms with van der Waals surface area (Å²) in [6, 6.07) is 3.96. The van der Waals surface area contributed by atoms with E-state index in [0.29, 0.717) is 3.97 Å². The summed E-state index contributed by atoms with van der Waals surface area (Å²) in [6.45, 7) is 0. The summed E-state index contributed by atoms with van der Waals surface area (Å²) < 4.78 is 28.4. The number of halogens is 2. The summed E-state index contributed by atoms with van der Waals surface area (Å²) in [5.41, 5.74) is -1.70. The normalized spacial score (nSPS) is 12.0. The van der Waals surface area contributed by atoms with Gasteiger partial charge in [0.2, 0.25) is 0 Å². The van der Waals surface area contributed by atoms with Crippen LogP contribution in [-0.2, 0) is 24.1 Å². The van der Waals surface area contributed by atoms with Crippen LogP contribution < -0.4 is 11.2 Å². The van der Waals surface area contributed by atoms with Crippen LogP contribution >= 0.6 is 23.2 Å². The Labute approximate surface area is 145 Å². The van der Waals surface area contributed by atoms with Crippen molar-refractivity contribution >= 4 is 44.4 Å². The third kappa shape index (κ3) is 2.27. The fourth-order valence-corrected chi connectivity index (χ4v) is 4.30. The zero-order valence-electron chi connectivity index (χ0n) is 12.4. The van der Waals surface area contributed by atoms with E-state index in [1.54, 1.807) is 0 Å². The van der Waals surface area contributed by atoms with E-state index in [9.17, 15) is 18.0 Å². The Morgan fingerprint density at radius 1 is 1.08 bits per heavy atom. The molecule has 2 aromatic heterocycles. The third-order valence-corrected chi connectivity index (χ3v) is 5.91. The van der Waals surface area contributed by atoms with Gasteiger partial charge in [-0.3, -0.25) is 13.9 Å². The van der Waals surface area contributed by atoms with Crippen LogP contribution in [0.3, 0.4) is 0 Å². The van der Waals surface area contributed by atoms with E-state index in [0.717, 1.165) is 15.5 Å². The quantitative estimate of drug-likeness (QED) is 0.651. The van der Waals surface area contributed by atoms with Crippen molar-refractivity contribution in [2.75, 3.05) is 0 Å². The number of imidazole rings is 1. The minimum atomic E-state index is -4.24. The summed E-state index contributed by atoms with van der Waals surface area (Å²) >= 11 is 11.8. The average Bonchev–Trinajstić information content (AvgIpc) is 2.99. The number of hydrogen-bond donors (Lipinski definition) is 0. The van der Waals surface area contributed by atoms with Crippen LogP contribution in [0.25, 0.3) is 11.2 Å². The van der Waals surface area contributed by atoms with Crippen molar-refractivity contribution in [2.24, 2.45) is 14.1 Å². The molecule has 11 heteroatoms. The minimum absolute atomic E-state index is 0.0511. The van der Waals surface area contributed by atoms with Crippen molar-refractivity contribution in [2.45, 2.75) is 4.90 Å². The van der Waals surface area contributed by atoms with Crippen molar-refractivity contribution in [3.63, 3.8) is 0 Å². The summed E-state index contributed by atoms with van der Waals surface area (Å²) in [4.78, 5) is 27.9. The van der Waals surface area contributed by atoms with Gasteiger partial charge in [-0.05, 0) is 18.2 Å². The van der Waals surface area contributed by atoms with Crippen molar-refractivity contribution in [3.8, 4) is 0 Å². The molecular formula is C13H10Cl2N4O4S. The van der Waals surface area contributed by atoms with Crippen LogP contribution in [0, 0.1) is 0 Å². The highest BCUT2D eigenvalue weighted by molar-refractivity contribution is 7.90. The molecule has 2 heterocycles. The highest BCUT2D eigenvalue weighted by Crippen LogP contribution is 2.27. The van der Waals surface area contributed by atoms with Gasteiger partial charge < -0.3 is 0 Å². The molecule has 0 amide bonds. The number of nitrogens with zero attached hydrogens (tertiary/aromatic N) is 4. The molecule has 0 saturated heterocycles. The van der Waals surface area contributed by atoms with E-state index in [2.05, 4.69) is 4.98 Å². The molecule has 126 valence electrons. The van der Waals surface area contributed by atoms with Crippen molar-refractivity contribution in [1.29, 1.82) is 0 Å². The third-order valence-electron chi connectivity index (χ3n) is 3.55. The second-order valence-electron chi connectivity index (χ2n) is 5.00. The fraction of sp³-hybridized carbons (Fsp3) is 0.154. The smallest absolute Gasteiger partial charge is 0.279 e. The summed E-state index contributed by atoms with van der Waals surface area (Å²) in [7, 11) is -1.60. The maximum Gasteiger partial charge on any atom is 0.332 e. The van der Waals surface area contributed by atoms with Crippen molar-refractivity contribution in [3.05, 3.63) is 55.4 Å². The fourth-order valence-electron chi connectivity index (χ4n) is 2.28. The van der Waals surface area contributed by atoms with Gasteiger partial charge in [-0.15, -0.1) is 0 Å². The lowest BCUT2D eigenvalue weighted by atomic mass is 10.4. The number of fused-ring (bicyclic) bond motifs is 1. The van der Waals surface area contributed by atoms with Crippen LogP contribution in [0.1, 0.15) is 0 Å². The molecule has 0 spiro atoms. The van der Waals surface area contributed by atoms with Crippen LogP contribution in [0.2, 0.25) is 10.0 Å². The van der Waals surface area contributed by atoms with E-state index >= 15 is 0 Å². The molecule has 3 rings (SSSR count). The Kier molecular flexibility index (Phi) is 3.82. The predicted molar refractivity (Wildman–Crippen MR) is 89.3 cm³/mol. The van der Waals surface area contributed by atoms with Gasteiger partial charge in [-0.1, -0.05) is 23.2 Å². The zero-order chi connectivity index (χ0) is 17.8. The molecule has 0 unspecified atom stereocenters. The standard InChI is InChI=1S/C13H10Cl2N4O4S/c1-17-11-10(12(20)18(2)13(17)21)19(6-16-11)24(22,23)9-5-7(14)3-4-8(9)15/h3-6H,1-2H3. The molecule has 3 aromatic rings. The first-order valence-electron chi connectivity index (χ1n) is 6.50. The van der Waals surface area contributed by atoms with E-state index < -0.39 is 21.3 Å². The molecule has 0 aliphatic carbocycles. The molecule has 0 fully saturated rings. The van der Waals surface area contributed by atoms with Gasteiger partial charge >= 0.3 is 5.69 Å². The van der Waals surface area contributed by atoms with Crippen molar-refractivity contribution < 1.29 is 8.42 Å². The van der Waals surface area contributed by atoms with Gasteiger partial charge in [0.15, 0.2) is 11.2 Å². The lowest BCUT2D eigenvalue weighted by Gasteiger charge is -2.09. The molecule has 0 N–H and O–H groups in total. The Hall–Kier alpha value is -2.10. The highest BCUT2D eigenvalue weighted by atomic mass is 35.5. The van der Waals surface area contributed by atoms with Gasteiger partial charge in [-0.2, -0.15) is 0 Å². The molecule has 0 aliphatic rings. The van der Waals surface area contributed by atoms with Crippen LogP contribution in [0.15, 0.2) is 39.0 Å². The van der Waals surface area contributed by atoms with E-state index in [4.69, 9.17) is 23.2 Å². The van der Waals surface area contributed by atoms with Gasteiger partial charge in [0.25, 0.3) is 15.6 Å². The molecule has 0 atom stereocenters. The van der Waals surface area contributed by atoms with Crippen LogP contribution in [0.4, 0.5) is 0 Å². The van der Waals surface area contributed by atoms with Gasteiger partial charge in [0, 0.05) is 19.1 Å². The first-order valence-corrected chi connectivity index (χ1v) is 8.69. The van der Waals surface area contributed by atoms with E-state index in [-0.39, 0.29) is 26.1 Å². The SMILES string of the molecule is Cn1c(=O)c2c(ncn2S(=O)(=O)c2cc(Cl)ccc2Cl)n(C)c1=O. The second kappa shape index (κ2) is 5.47. The molecule has 0 saturated carbocycles. The van der Waals surface area contributed by atoms with Gasteiger partial charge in [0.05, 0.1) is 5.02 Å². The second-order valence-corrected chi connectivity index (χ2v) is 7.63.